The van der Waals surface area contributed by atoms with Gasteiger partial charge >= 0.3 is 0 Å². The summed E-state index contributed by atoms with van der Waals surface area (Å²) in [5.74, 6) is 2.86. The van der Waals surface area contributed by atoms with Crippen molar-refractivity contribution in [2.75, 3.05) is 25.6 Å². The van der Waals surface area contributed by atoms with Crippen molar-refractivity contribution in [2.45, 2.75) is 26.8 Å². The molecule has 0 fully saturated rings. The number of benzene rings is 2. The molecule has 1 aromatic heterocycles. The molecule has 11 heteroatoms. The number of nitrogens with zero attached hydrogens (tertiary/aromatic N) is 3. The topological polar surface area (TPSA) is 137 Å². The van der Waals surface area contributed by atoms with E-state index in [4.69, 9.17) is 19.9 Å². The van der Waals surface area contributed by atoms with E-state index in [-0.39, 0.29) is 30.5 Å². The van der Waals surface area contributed by atoms with Crippen LogP contribution in [0.2, 0.25) is 0 Å². The van der Waals surface area contributed by atoms with Gasteiger partial charge in [0.15, 0.2) is 11.5 Å². The van der Waals surface area contributed by atoms with E-state index in [1.165, 1.54) is 4.90 Å². The van der Waals surface area contributed by atoms with Crippen LogP contribution in [0.3, 0.4) is 0 Å². The molecular weight excluding hydrogens is 508 g/mol. The van der Waals surface area contributed by atoms with E-state index >= 15 is 0 Å². The lowest BCUT2D eigenvalue weighted by atomic mass is 10.2. The van der Waals surface area contributed by atoms with Crippen molar-refractivity contribution in [3.8, 4) is 23.0 Å². The van der Waals surface area contributed by atoms with E-state index in [1.54, 1.807) is 62.5 Å². The number of anilines is 1. The number of carbonyl (C=O) groups excluding carboxylic acids is 2. The van der Waals surface area contributed by atoms with Crippen molar-refractivity contribution in [3.63, 3.8) is 0 Å². The molecule has 0 spiro atoms. The Morgan fingerprint density at radius 1 is 1.21 bits per heavy atom. The molecule has 0 radical (unpaired) electrons. The van der Waals surface area contributed by atoms with Gasteiger partial charge in [-0.2, -0.15) is 0 Å². The van der Waals surface area contributed by atoms with Crippen LogP contribution in [0.25, 0.3) is 0 Å². The third kappa shape index (κ3) is 6.42. The van der Waals surface area contributed by atoms with E-state index in [0.717, 1.165) is 11.8 Å². The first-order valence-corrected chi connectivity index (χ1v) is 12.7. The van der Waals surface area contributed by atoms with Crippen LogP contribution in [-0.4, -0.2) is 51.3 Å². The summed E-state index contributed by atoms with van der Waals surface area (Å²) in [7, 11) is 0. The molecule has 0 saturated heterocycles. The molecule has 1 aliphatic heterocycles. The molecule has 0 atom stereocenters. The number of ether oxygens (including phenoxy) is 3. The predicted molar refractivity (Wildman–Crippen MR) is 143 cm³/mol. The van der Waals surface area contributed by atoms with Gasteiger partial charge < -0.3 is 30.0 Å². The summed E-state index contributed by atoms with van der Waals surface area (Å²) in [6.45, 7) is 4.28. The predicted octanol–water partition coefficient (Wildman–Crippen LogP) is 4.08. The highest BCUT2D eigenvalue weighted by atomic mass is 32.2. The standard InChI is InChI=1S/C27H28N4O6S/c1-17(31(16-33)15-19-14-29-18(2)30-26(19)28)25(9-10-32)38-27(34)21-5-3-4-6-22(21)37-20-7-8-23-24(13-20)36-12-11-35-23/h3-8,13-14,16,32H,9-12,15H2,1-2H3,(H2,28,29,30). The Morgan fingerprint density at radius 2 is 1.97 bits per heavy atom. The van der Waals surface area contributed by atoms with Crippen LogP contribution >= 0.6 is 11.8 Å². The molecule has 38 heavy (non-hydrogen) atoms. The second-order valence-electron chi connectivity index (χ2n) is 8.34. The summed E-state index contributed by atoms with van der Waals surface area (Å²) in [6, 6.07) is 12.1. The summed E-state index contributed by atoms with van der Waals surface area (Å²) in [5.41, 5.74) is 7.41. The van der Waals surface area contributed by atoms with E-state index in [2.05, 4.69) is 9.97 Å². The van der Waals surface area contributed by atoms with Gasteiger partial charge in [0.2, 0.25) is 11.5 Å². The van der Waals surface area contributed by atoms with Gasteiger partial charge in [0.05, 0.1) is 12.1 Å². The fraction of sp³-hybridized carbons (Fsp3) is 0.259. The molecule has 4 rings (SSSR count). The summed E-state index contributed by atoms with van der Waals surface area (Å²) in [5, 5.41) is 9.38. The molecule has 2 heterocycles. The monoisotopic (exact) mass is 536 g/mol. The minimum absolute atomic E-state index is 0.120. The summed E-state index contributed by atoms with van der Waals surface area (Å²) >= 11 is 0.932. The largest absolute Gasteiger partial charge is 0.486 e. The number of aliphatic hydroxyl groups excluding tert-OH is 1. The van der Waals surface area contributed by atoms with Gasteiger partial charge in [0.1, 0.15) is 36.4 Å². The van der Waals surface area contributed by atoms with Gasteiger partial charge in [-0.05, 0) is 49.9 Å². The quantitative estimate of drug-likeness (QED) is 0.365. The van der Waals surface area contributed by atoms with Crippen LogP contribution in [0.5, 0.6) is 23.0 Å². The number of aryl methyl sites for hydroxylation is 1. The van der Waals surface area contributed by atoms with Crippen molar-refractivity contribution >= 4 is 29.1 Å². The molecule has 1 amide bonds. The normalized spacial score (nSPS) is 12.9. The Morgan fingerprint density at radius 3 is 2.71 bits per heavy atom. The van der Waals surface area contributed by atoms with Crippen LogP contribution in [0.1, 0.15) is 35.1 Å². The average molecular weight is 537 g/mol. The van der Waals surface area contributed by atoms with Crippen LogP contribution in [0.4, 0.5) is 5.82 Å². The fourth-order valence-electron chi connectivity index (χ4n) is 3.73. The van der Waals surface area contributed by atoms with Crippen molar-refractivity contribution in [1.29, 1.82) is 0 Å². The first kappa shape index (κ1) is 27.0. The molecule has 2 aromatic carbocycles. The second kappa shape index (κ2) is 12.4. The van der Waals surface area contributed by atoms with Gasteiger partial charge in [-0.15, -0.1) is 0 Å². The Balaban J connectivity index is 1.56. The Hall–Kier alpha value is -4.09. The van der Waals surface area contributed by atoms with Gasteiger partial charge in [-0.1, -0.05) is 12.1 Å². The molecule has 0 bridgehead atoms. The van der Waals surface area contributed by atoms with Crippen molar-refractivity contribution in [2.24, 2.45) is 0 Å². The lowest BCUT2D eigenvalue weighted by Gasteiger charge is -2.22. The number of aliphatic hydroxyl groups is 1. The smallest absolute Gasteiger partial charge is 0.227 e. The number of amides is 1. The highest BCUT2D eigenvalue weighted by Crippen LogP contribution is 2.37. The average Bonchev–Trinajstić information content (AvgIpc) is 2.92. The molecule has 1 aliphatic rings. The summed E-state index contributed by atoms with van der Waals surface area (Å²) in [4.78, 5) is 35.6. The number of hydrogen-bond donors (Lipinski definition) is 2. The van der Waals surface area contributed by atoms with E-state index < -0.39 is 0 Å². The molecule has 3 aromatic rings. The third-order valence-corrected chi connectivity index (χ3v) is 6.88. The van der Waals surface area contributed by atoms with Crippen LogP contribution in [-0.2, 0) is 11.3 Å². The first-order chi connectivity index (χ1) is 18.4. The van der Waals surface area contributed by atoms with Gasteiger partial charge in [0, 0.05) is 41.5 Å². The lowest BCUT2D eigenvalue weighted by molar-refractivity contribution is -0.116. The summed E-state index contributed by atoms with van der Waals surface area (Å²) < 4.78 is 17.2. The summed E-state index contributed by atoms with van der Waals surface area (Å²) in [6.07, 6.45) is 2.39. The van der Waals surface area contributed by atoms with E-state index in [9.17, 15) is 14.7 Å². The number of aromatic nitrogens is 2. The van der Waals surface area contributed by atoms with Crippen LogP contribution in [0.15, 0.2) is 59.3 Å². The maximum absolute atomic E-state index is 13.4. The molecule has 0 saturated carbocycles. The van der Waals surface area contributed by atoms with E-state index in [0.29, 0.717) is 70.2 Å². The highest BCUT2D eigenvalue weighted by molar-refractivity contribution is 8.17. The molecule has 3 N–H and O–H groups in total. The number of carbonyl (C=O) groups is 2. The molecule has 10 nitrogen and oxygen atoms in total. The number of fused-ring (bicyclic) bond motifs is 1. The number of hydrogen-bond acceptors (Lipinski definition) is 10. The minimum atomic E-state index is -0.301. The molecule has 0 unspecified atom stereocenters. The number of allylic oxidation sites excluding steroid dienone is 1. The van der Waals surface area contributed by atoms with E-state index in [1.807, 2.05) is 0 Å². The number of rotatable bonds is 10. The van der Waals surface area contributed by atoms with Crippen molar-refractivity contribution in [1.82, 2.24) is 14.9 Å². The third-order valence-electron chi connectivity index (χ3n) is 5.72. The molecule has 0 aliphatic carbocycles. The molecule has 198 valence electrons. The van der Waals surface area contributed by atoms with Crippen molar-refractivity contribution in [3.05, 3.63) is 76.2 Å². The van der Waals surface area contributed by atoms with Gasteiger partial charge in [-0.25, -0.2) is 9.97 Å². The Labute approximate surface area is 224 Å². The zero-order chi connectivity index (χ0) is 27.1. The minimum Gasteiger partial charge on any atom is -0.486 e. The Kier molecular flexibility index (Phi) is 8.82. The zero-order valence-electron chi connectivity index (χ0n) is 21.0. The second-order valence-corrected chi connectivity index (χ2v) is 9.40. The number of nitrogens with two attached hydrogens (primary N) is 1. The van der Waals surface area contributed by atoms with Crippen LogP contribution in [0, 0.1) is 6.92 Å². The lowest BCUT2D eigenvalue weighted by Crippen LogP contribution is -2.22. The number of nitrogen functional groups attached to an aromatic ring is 1. The number of thioether (sulfide) groups is 1. The number of para-hydroxylation sites is 1. The maximum atomic E-state index is 13.4. The Bertz CT molecular complexity index is 1360. The van der Waals surface area contributed by atoms with Gasteiger partial charge in [-0.3, -0.25) is 9.59 Å². The first-order valence-electron chi connectivity index (χ1n) is 11.9. The van der Waals surface area contributed by atoms with Crippen molar-refractivity contribution < 1.29 is 28.9 Å². The fourth-order valence-corrected chi connectivity index (χ4v) is 4.69. The SMILES string of the molecule is CC(=C(CCO)SC(=O)c1ccccc1Oc1ccc2c(c1)OCCO2)N(C=O)Cc1cnc(C)nc1N. The van der Waals surface area contributed by atoms with Gasteiger partial charge in [0.25, 0.3) is 0 Å². The van der Waals surface area contributed by atoms with Crippen LogP contribution < -0.4 is 19.9 Å². The maximum Gasteiger partial charge on any atom is 0.227 e. The molecular formula is C27H28N4O6S. The highest BCUT2D eigenvalue weighted by Gasteiger charge is 2.21. The zero-order valence-corrected chi connectivity index (χ0v) is 21.9.